The summed E-state index contributed by atoms with van der Waals surface area (Å²) in [4.78, 5) is 39.2. The highest BCUT2D eigenvalue weighted by atomic mass is 16.5. The SMILES string of the molecule is CCn1c(=O)n(CCC(=O)Nc2cccc(OCC(=O)N3CCCC3)c2)c2ccccc21. The number of benzene rings is 2. The lowest BCUT2D eigenvalue weighted by atomic mass is 10.2. The third-order valence-electron chi connectivity index (χ3n) is 5.74. The fraction of sp³-hybridized carbons (Fsp3) is 0.375. The molecule has 1 aromatic heterocycles. The Kier molecular flexibility index (Phi) is 6.58. The van der Waals surface area contributed by atoms with Crippen molar-refractivity contribution in [3.8, 4) is 5.75 Å². The summed E-state index contributed by atoms with van der Waals surface area (Å²) >= 11 is 0. The van der Waals surface area contributed by atoms with Crippen molar-refractivity contribution < 1.29 is 14.3 Å². The van der Waals surface area contributed by atoms with Crippen molar-refractivity contribution in [2.75, 3.05) is 25.0 Å². The Bertz CT molecular complexity index is 1170. The molecule has 2 heterocycles. The highest BCUT2D eigenvalue weighted by Crippen LogP contribution is 2.19. The Morgan fingerprint density at radius 3 is 2.44 bits per heavy atom. The normalized spacial score (nSPS) is 13.5. The monoisotopic (exact) mass is 436 g/mol. The third kappa shape index (κ3) is 4.69. The second kappa shape index (κ2) is 9.72. The summed E-state index contributed by atoms with van der Waals surface area (Å²) in [6.45, 7) is 4.36. The van der Waals surface area contributed by atoms with Crippen LogP contribution in [0.5, 0.6) is 5.75 Å². The number of likely N-dealkylation sites (tertiary alicyclic amines) is 1. The number of hydrogen-bond donors (Lipinski definition) is 1. The molecule has 168 valence electrons. The molecule has 1 saturated heterocycles. The number of anilines is 1. The van der Waals surface area contributed by atoms with Crippen molar-refractivity contribution in [3.63, 3.8) is 0 Å². The summed E-state index contributed by atoms with van der Waals surface area (Å²) in [5, 5.41) is 2.85. The smallest absolute Gasteiger partial charge is 0.329 e. The van der Waals surface area contributed by atoms with E-state index in [1.165, 1.54) is 0 Å². The van der Waals surface area contributed by atoms with Crippen LogP contribution in [0, 0.1) is 0 Å². The van der Waals surface area contributed by atoms with Crippen LogP contribution in [0.1, 0.15) is 26.2 Å². The van der Waals surface area contributed by atoms with Crippen molar-refractivity contribution in [2.45, 2.75) is 39.3 Å². The second-order valence-electron chi connectivity index (χ2n) is 7.87. The predicted octanol–water partition coefficient (Wildman–Crippen LogP) is 2.85. The van der Waals surface area contributed by atoms with Gasteiger partial charge < -0.3 is 15.0 Å². The van der Waals surface area contributed by atoms with Crippen LogP contribution in [-0.2, 0) is 22.7 Å². The minimum atomic E-state index is -0.199. The summed E-state index contributed by atoms with van der Waals surface area (Å²) in [6, 6.07) is 14.6. The van der Waals surface area contributed by atoms with Gasteiger partial charge >= 0.3 is 5.69 Å². The second-order valence-corrected chi connectivity index (χ2v) is 7.87. The molecular weight excluding hydrogens is 408 g/mol. The van der Waals surface area contributed by atoms with E-state index in [2.05, 4.69) is 5.32 Å². The minimum Gasteiger partial charge on any atom is -0.484 e. The standard InChI is InChI=1S/C24H28N4O4/c1-2-27-20-10-3-4-11-21(20)28(24(27)31)15-12-22(29)25-18-8-7-9-19(16-18)32-17-23(30)26-13-5-6-14-26/h3-4,7-11,16H,2,5-6,12-15,17H2,1H3,(H,25,29). The zero-order valence-corrected chi connectivity index (χ0v) is 18.3. The summed E-state index contributed by atoms with van der Waals surface area (Å²) in [5.74, 6) is 0.307. The van der Waals surface area contributed by atoms with Crippen LogP contribution in [0.15, 0.2) is 53.3 Å². The lowest BCUT2D eigenvalue weighted by Gasteiger charge is -2.15. The van der Waals surface area contributed by atoms with E-state index in [-0.39, 0.29) is 30.5 Å². The third-order valence-corrected chi connectivity index (χ3v) is 5.74. The number of amides is 2. The van der Waals surface area contributed by atoms with E-state index in [1.54, 1.807) is 33.4 Å². The first kappa shape index (κ1) is 21.7. The van der Waals surface area contributed by atoms with Crippen molar-refractivity contribution in [2.24, 2.45) is 0 Å². The van der Waals surface area contributed by atoms with Crippen molar-refractivity contribution in [1.82, 2.24) is 14.0 Å². The van der Waals surface area contributed by atoms with Crippen LogP contribution in [0.25, 0.3) is 11.0 Å². The number of carbonyl (C=O) groups is 2. The van der Waals surface area contributed by atoms with Gasteiger partial charge in [-0.25, -0.2) is 4.79 Å². The molecular formula is C24H28N4O4. The van der Waals surface area contributed by atoms with E-state index in [1.807, 2.05) is 36.1 Å². The average Bonchev–Trinajstić information content (AvgIpc) is 3.43. The van der Waals surface area contributed by atoms with E-state index in [0.29, 0.717) is 24.5 Å². The number of nitrogens with zero attached hydrogens (tertiary/aromatic N) is 3. The Morgan fingerprint density at radius 1 is 1.00 bits per heavy atom. The van der Waals surface area contributed by atoms with Crippen LogP contribution in [0.2, 0.25) is 0 Å². The maximum atomic E-state index is 12.7. The maximum absolute atomic E-state index is 12.7. The molecule has 4 rings (SSSR count). The van der Waals surface area contributed by atoms with Crippen LogP contribution < -0.4 is 15.7 Å². The zero-order valence-electron chi connectivity index (χ0n) is 18.3. The fourth-order valence-electron chi connectivity index (χ4n) is 4.10. The quantitative estimate of drug-likeness (QED) is 0.588. The lowest BCUT2D eigenvalue weighted by Crippen LogP contribution is -2.32. The van der Waals surface area contributed by atoms with Crippen LogP contribution >= 0.6 is 0 Å². The summed E-state index contributed by atoms with van der Waals surface area (Å²) in [6.07, 6.45) is 2.24. The van der Waals surface area contributed by atoms with Gasteiger partial charge in [0.1, 0.15) is 5.75 Å². The number of imidazole rings is 1. The Balaban J connectivity index is 1.35. The van der Waals surface area contributed by atoms with Crippen LogP contribution in [0.4, 0.5) is 5.69 Å². The van der Waals surface area contributed by atoms with Gasteiger partial charge in [0.2, 0.25) is 5.91 Å². The van der Waals surface area contributed by atoms with E-state index in [0.717, 1.165) is 37.0 Å². The molecule has 8 heteroatoms. The number of hydrogen-bond acceptors (Lipinski definition) is 4. The first-order valence-corrected chi connectivity index (χ1v) is 11.1. The number of rotatable bonds is 8. The molecule has 32 heavy (non-hydrogen) atoms. The van der Waals surface area contributed by atoms with Gasteiger partial charge in [-0.05, 0) is 44.0 Å². The molecule has 2 aromatic carbocycles. The van der Waals surface area contributed by atoms with Gasteiger partial charge in [0.05, 0.1) is 11.0 Å². The summed E-state index contributed by atoms with van der Waals surface area (Å²) in [7, 11) is 0. The molecule has 1 aliphatic rings. The highest BCUT2D eigenvalue weighted by molar-refractivity contribution is 5.91. The number of ether oxygens (including phenoxy) is 1. The van der Waals surface area contributed by atoms with Crippen molar-refractivity contribution >= 4 is 28.5 Å². The molecule has 0 radical (unpaired) electrons. The fourth-order valence-corrected chi connectivity index (χ4v) is 4.10. The number of aryl methyl sites for hydroxylation is 2. The van der Waals surface area contributed by atoms with Crippen molar-refractivity contribution in [1.29, 1.82) is 0 Å². The summed E-state index contributed by atoms with van der Waals surface area (Å²) < 4.78 is 8.97. The Hall–Kier alpha value is -3.55. The number of nitrogens with one attached hydrogen (secondary N) is 1. The number of fused-ring (bicyclic) bond motifs is 1. The topological polar surface area (TPSA) is 85.6 Å². The van der Waals surface area contributed by atoms with Gasteiger partial charge in [-0.1, -0.05) is 18.2 Å². The Labute approximate surface area is 186 Å². The number of carbonyl (C=O) groups excluding carboxylic acids is 2. The largest absolute Gasteiger partial charge is 0.484 e. The molecule has 8 nitrogen and oxygen atoms in total. The van der Waals surface area contributed by atoms with E-state index in [4.69, 9.17) is 4.74 Å². The van der Waals surface area contributed by atoms with E-state index in [9.17, 15) is 14.4 Å². The molecule has 0 saturated carbocycles. The van der Waals surface area contributed by atoms with Gasteiger partial charge in [-0.15, -0.1) is 0 Å². The first-order valence-electron chi connectivity index (χ1n) is 11.1. The lowest BCUT2D eigenvalue weighted by molar-refractivity contribution is -0.132. The molecule has 1 N–H and O–H groups in total. The minimum absolute atomic E-state index is 0.0121. The van der Waals surface area contributed by atoms with Gasteiger partial charge in [0.15, 0.2) is 6.61 Å². The van der Waals surface area contributed by atoms with Gasteiger partial charge in [-0.2, -0.15) is 0 Å². The summed E-state index contributed by atoms with van der Waals surface area (Å²) in [5.41, 5.74) is 2.17. The molecule has 0 spiro atoms. The zero-order chi connectivity index (χ0) is 22.5. The highest BCUT2D eigenvalue weighted by Gasteiger charge is 2.18. The molecule has 1 fully saturated rings. The predicted molar refractivity (Wildman–Crippen MR) is 123 cm³/mol. The first-order chi connectivity index (χ1) is 15.6. The van der Waals surface area contributed by atoms with E-state index < -0.39 is 0 Å². The van der Waals surface area contributed by atoms with Crippen LogP contribution in [-0.4, -0.2) is 45.5 Å². The van der Waals surface area contributed by atoms with Gasteiger partial charge in [0, 0.05) is 44.4 Å². The molecule has 0 unspecified atom stereocenters. The van der Waals surface area contributed by atoms with Crippen LogP contribution in [0.3, 0.4) is 0 Å². The maximum Gasteiger partial charge on any atom is 0.329 e. The van der Waals surface area contributed by atoms with Gasteiger partial charge in [-0.3, -0.25) is 18.7 Å². The average molecular weight is 437 g/mol. The van der Waals surface area contributed by atoms with E-state index >= 15 is 0 Å². The molecule has 0 bridgehead atoms. The molecule has 1 aliphatic heterocycles. The molecule has 0 atom stereocenters. The molecule has 2 amide bonds. The van der Waals surface area contributed by atoms with Gasteiger partial charge in [0.25, 0.3) is 5.91 Å². The number of para-hydroxylation sites is 2. The number of aromatic nitrogens is 2. The Morgan fingerprint density at radius 2 is 1.72 bits per heavy atom. The molecule has 3 aromatic rings. The van der Waals surface area contributed by atoms with Crippen molar-refractivity contribution in [3.05, 3.63) is 59.0 Å². The molecule has 0 aliphatic carbocycles.